The molecule has 30 heavy (non-hydrogen) atoms. The Morgan fingerprint density at radius 3 is 2.03 bits per heavy atom. The normalized spacial score (nSPS) is 11.4. The maximum Gasteiger partial charge on any atom is 0.342 e. The molecule has 162 valence electrons. The van der Waals surface area contributed by atoms with Crippen LogP contribution in [0.4, 0.5) is 5.82 Å². The molecule has 2 rings (SSSR count). The van der Waals surface area contributed by atoms with Gasteiger partial charge in [0.2, 0.25) is 0 Å². The number of nitrogens with zero attached hydrogens (tertiary/aromatic N) is 1. The number of rotatable bonds is 9. The molecule has 5 N–H and O–H groups in total. The summed E-state index contributed by atoms with van der Waals surface area (Å²) in [6.07, 6.45) is 0. The smallest absolute Gasteiger partial charge is 0.342 e. The van der Waals surface area contributed by atoms with E-state index in [0.29, 0.717) is 23.9 Å². The van der Waals surface area contributed by atoms with Crippen molar-refractivity contribution in [3.05, 3.63) is 51.3 Å². The van der Waals surface area contributed by atoms with Crippen LogP contribution in [0.2, 0.25) is 0 Å². The number of carboxylic acid groups (broad SMARTS) is 2. The van der Waals surface area contributed by atoms with E-state index in [-0.39, 0.29) is 11.4 Å². The van der Waals surface area contributed by atoms with E-state index in [2.05, 4.69) is 37.6 Å². The first-order valence-corrected chi connectivity index (χ1v) is 9.85. The molecule has 0 unspecified atom stereocenters. The van der Waals surface area contributed by atoms with Crippen molar-refractivity contribution in [2.75, 3.05) is 18.8 Å². The van der Waals surface area contributed by atoms with Gasteiger partial charge in [-0.25, -0.2) is 9.59 Å². The number of hydrogen-bond donors (Lipinski definition) is 4. The summed E-state index contributed by atoms with van der Waals surface area (Å²) in [5.74, 6) is -2.46. The minimum absolute atomic E-state index is 0.166. The van der Waals surface area contributed by atoms with Crippen molar-refractivity contribution in [1.82, 2.24) is 9.88 Å². The lowest BCUT2D eigenvalue weighted by Crippen LogP contribution is -2.31. The molecule has 8 nitrogen and oxygen atoms in total. The number of nitrogen functional groups attached to an aromatic ring is 1. The van der Waals surface area contributed by atoms with Gasteiger partial charge in [-0.05, 0) is 23.0 Å². The van der Waals surface area contributed by atoms with Gasteiger partial charge in [-0.3, -0.25) is 9.69 Å². The van der Waals surface area contributed by atoms with Crippen LogP contribution < -0.4 is 11.3 Å². The molecule has 1 heterocycles. The number of aromatic carboxylic acids is 2. The molecule has 0 radical (unpaired) electrons. The molecule has 0 atom stereocenters. The molecule has 1 aromatic carbocycles. The van der Waals surface area contributed by atoms with E-state index >= 15 is 0 Å². The van der Waals surface area contributed by atoms with E-state index in [0.717, 1.165) is 18.7 Å². The molecule has 0 amide bonds. The lowest BCUT2D eigenvalue weighted by atomic mass is 9.91. The Hall–Kier alpha value is -3.13. The van der Waals surface area contributed by atoms with Gasteiger partial charge in [0.1, 0.15) is 16.9 Å². The zero-order chi connectivity index (χ0) is 22.6. The molecule has 0 bridgehead atoms. The summed E-state index contributed by atoms with van der Waals surface area (Å²) in [6, 6.07) is 6.94. The quantitative estimate of drug-likeness (QED) is 0.494. The van der Waals surface area contributed by atoms with Crippen molar-refractivity contribution in [1.29, 1.82) is 0 Å². The van der Waals surface area contributed by atoms with E-state index in [9.17, 15) is 24.6 Å². The Kier molecular flexibility index (Phi) is 7.39. The van der Waals surface area contributed by atoms with Gasteiger partial charge in [-0.15, -0.1) is 0 Å². The van der Waals surface area contributed by atoms with Crippen LogP contribution in [0.25, 0.3) is 11.1 Å². The molecular formula is C22H29N3O5. The Balaban J connectivity index is 2.74. The van der Waals surface area contributed by atoms with Gasteiger partial charge in [-0.2, -0.15) is 0 Å². The molecule has 0 aliphatic heterocycles. The minimum atomic E-state index is -1.51. The highest BCUT2D eigenvalue weighted by Crippen LogP contribution is 2.32. The first kappa shape index (κ1) is 23.2. The summed E-state index contributed by atoms with van der Waals surface area (Å²) in [7, 11) is 0. The number of carbonyl (C=O) groups is 2. The number of nitrogens with one attached hydrogen (secondary N) is 1. The van der Waals surface area contributed by atoms with Crippen LogP contribution in [-0.4, -0.2) is 45.1 Å². The average Bonchev–Trinajstić information content (AvgIpc) is 2.59. The zero-order valence-electron chi connectivity index (χ0n) is 17.7. The highest BCUT2D eigenvalue weighted by atomic mass is 16.4. The number of benzene rings is 1. The second-order valence-electron chi connectivity index (χ2n) is 8.24. The maximum absolute atomic E-state index is 12.4. The number of aromatic nitrogens is 1. The molecule has 8 heteroatoms. The Labute approximate surface area is 175 Å². The summed E-state index contributed by atoms with van der Waals surface area (Å²) in [5, 5.41) is 19.4. The Morgan fingerprint density at radius 1 is 1.00 bits per heavy atom. The predicted octanol–water partition coefficient (Wildman–Crippen LogP) is 3.13. The van der Waals surface area contributed by atoms with Gasteiger partial charge in [0, 0.05) is 25.2 Å². The van der Waals surface area contributed by atoms with E-state index in [1.54, 1.807) is 18.2 Å². The van der Waals surface area contributed by atoms with Crippen molar-refractivity contribution in [2.45, 2.75) is 34.2 Å². The Bertz CT molecular complexity index is 985. The standard InChI is InChI=1S/C22H29N3O5/c1-12(2)9-25(10-13(3)4)11-14-7-5-6-8-15(14)16-17(21(27)28)19(23)24-20(26)18(16)22(29)30/h5-8,12-13H,9-11H2,1-4H3,(H,27,28)(H,29,30)(H3,23,24,26). The lowest BCUT2D eigenvalue weighted by molar-refractivity contribution is 0.0695. The highest BCUT2D eigenvalue weighted by Gasteiger charge is 2.28. The molecule has 0 aliphatic rings. The van der Waals surface area contributed by atoms with Gasteiger partial charge >= 0.3 is 11.9 Å². The van der Waals surface area contributed by atoms with E-state index < -0.39 is 28.6 Å². The fourth-order valence-corrected chi connectivity index (χ4v) is 3.70. The second-order valence-corrected chi connectivity index (χ2v) is 8.24. The number of carboxylic acids is 2. The first-order valence-electron chi connectivity index (χ1n) is 9.85. The van der Waals surface area contributed by atoms with Crippen LogP contribution in [0.1, 0.15) is 54.0 Å². The van der Waals surface area contributed by atoms with Gasteiger partial charge in [0.15, 0.2) is 0 Å². The fraction of sp³-hybridized carbons (Fsp3) is 0.409. The van der Waals surface area contributed by atoms with Crippen LogP contribution in [0.5, 0.6) is 0 Å². The topological polar surface area (TPSA) is 137 Å². The third-order valence-corrected chi connectivity index (χ3v) is 4.60. The van der Waals surface area contributed by atoms with Crippen molar-refractivity contribution < 1.29 is 19.8 Å². The molecular weight excluding hydrogens is 386 g/mol. The molecule has 0 fully saturated rings. The third-order valence-electron chi connectivity index (χ3n) is 4.60. The zero-order valence-corrected chi connectivity index (χ0v) is 17.7. The lowest BCUT2D eigenvalue weighted by Gasteiger charge is -2.27. The van der Waals surface area contributed by atoms with E-state index in [1.165, 1.54) is 0 Å². The summed E-state index contributed by atoms with van der Waals surface area (Å²) < 4.78 is 0. The van der Waals surface area contributed by atoms with Gasteiger partial charge in [-0.1, -0.05) is 52.0 Å². The number of nitrogens with two attached hydrogens (primary N) is 1. The molecule has 0 spiro atoms. The van der Waals surface area contributed by atoms with E-state index in [4.69, 9.17) is 5.73 Å². The summed E-state index contributed by atoms with van der Waals surface area (Å²) in [4.78, 5) is 40.5. The number of anilines is 1. The highest BCUT2D eigenvalue weighted by molar-refractivity contribution is 6.07. The summed E-state index contributed by atoms with van der Waals surface area (Å²) in [5.41, 5.74) is 4.73. The SMILES string of the molecule is CC(C)CN(Cc1ccccc1-c1c(C(=O)O)c(N)[nH]c(=O)c1C(=O)O)CC(C)C. The number of aromatic amines is 1. The predicted molar refractivity (Wildman–Crippen MR) is 116 cm³/mol. The van der Waals surface area contributed by atoms with Crippen LogP contribution >= 0.6 is 0 Å². The molecule has 1 aromatic heterocycles. The van der Waals surface area contributed by atoms with E-state index in [1.807, 2.05) is 6.07 Å². The van der Waals surface area contributed by atoms with Crippen molar-refractivity contribution in [3.8, 4) is 11.1 Å². The van der Waals surface area contributed by atoms with Crippen LogP contribution in [0, 0.1) is 11.8 Å². The largest absolute Gasteiger partial charge is 0.478 e. The average molecular weight is 415 g/mol. The monoisotopic (exact) mass is 415 g/mol. The third kappa shape index (κ3) is 5.27. The van der Waals surface area contributed by atoms with Gasteiger partial charge in [0.25, 0.3) is 5.56 Å². The summed E-state index contributed by atoms with van der Waals surface area (Å²) in [6.45, 7) is 10.6. The van der Waals surface area contributed by atoms with Crippen LogP contribution in [-0.2, 0) is 6.54 Å². The summed E-state index contributed by atoms with van der Waals surface area (Å²) >= 11 is 0. The second kappa shape index (κ2) is 9.58. The number of pyridine rings is 1. The number of hydrogen-bond acceptors (Lipinski definition) is 5. The minimum Gasteiger partial charge on any atom is -0.478 e. The Morgan fingerprint density at radius 2 is 1.53 bits per heavy atom. The van der Waals surface area contributed by atoms with Crippen molar-refractivity contribution >= 4 is 17.8 Å². The van der Waals surface area contributed by atoms with Crippen molar-refractivity contribution in [3.63, 3.8) is 0 Å². The van der Waals surface area contributed by atoms with Gasteiger partial charge in [0.05, 0.1) is 0 Å². The van der Waals surface area contributed by atoms with Crippen LogP contribution in [0.3, 0.4) is 0 Å². The van der Waals surface area contributed by atoms with Gasteiger partial charge < -0.3 is 20.9 Å². The maximum atomic E-state index is 12.4. The molecule has 0 saturated heterocycles. The fourth-order valence-electron chi connectivity index (χ4n) is 3.70. The van der Waals surface area contributed by atoms with Crippen molar-refractivity contribution in [2.24, 2.45) is 11.8 Å². The number of H-pyrrole nitrogens is 1. The first-order chi connectivity index (χ1) is 14.0. The molecule has 0 saturated carbocycles. The molecule has 2 aromatic rings. The van der Waals surface area contributed by atoms with Crippen LogP contribution in [0.15, 0.2) is 29.1 Å². The molecule has 0 aliphatic carbocycles.